The molecule has 0 amide bonds. The molecule has 1 saturated carbocycles. The van der Waals surface area contributed by atoms with Crippen LogP contribution >= 0.6 is 11.8 Å². The van der Waals surface area contributed by atoms with E-state index in [9.17, 15) is 4.79 Å². The molecule has 1 fully saturated rings. The number of carbonyl (C=O) groups is 1. The molecular weight excluding hydrogens is 264 g/mol. The van der Waals surface area contributed by atoms with Gasteiger partial charge in [-0.05, 0) is 29.9 Å². The Balaban J connectivity index is 1.75. The van der Waals surface area contributed by atoms with Crippen molar-refractivity contribution >= 4 is 17.5 Å². The van der Waals surface area contributed by atoms with Gasteiger partial charge in [-0.3, -0.25) is 4.79 Å². The summed E-state index contributed by atoms with van der Waals surface area (Å²) < 4.78 is 0. The fourth-order valence-corrected chi connectivity index (χ4v) is 3.93. The summed E-state index contributed by atoms with van der Waals surface area (Å²) in [6.07, 6.45) is 7.29. The van der Waals surface area contributed by atoms with Crippen molar-refractivity contribution in [2.75, 3.05) is 5.75 Å². The number of thioether (sulfide) groups is 1. The molecule has 0 N–H and O–H groups in total. The van der Waals surface area contributed by atoms with Crippen LogP contribution in [0.15, 0.2) is 24.3 Å². The van der Waals surface area contributed by atoms with Gasteiger partial charge in [0, 0.05) is 11.7 Å². The lowest BCUT2D eigenvalue weighted by atomic mass is 10.0. The van der Waals surface area contributed by atoms with Crippen LogP contribution in [0.4, 0.5) is 0 Å². The van der Waals surface area contributed by atoms with Crippen molar-refractivity contribution in [3.8, 4) is 0 Å². The van der Waals surface area contributed by atoms with Crippen LogP contribution in [0.3, 0.4) is 0 Å². The fraction of sp³-hybridized carbons (Fsp3) is 0.611. The van der Waals surface area contributed by atoms with Crippen LogP contribution in [0.2, 0.25) is 0 Å². The van der Waals surface area contributed by atoms with E-state index in [1.54, 1.807) is 0 Å². The molecule has 1 aromatic rings. The minimum atomic E-state index is 0.373. The van der Waals surface area contributed by atoms with E-state index in [4.69, 9.17) is 0 Å². The fourth-order valence-electron chi connectivity index (χ4n) is 2.74. The Kier molecular flexibility index (Phi) is 6.15. The predicted molar refractivity (Wildman–Crippen MR) is 88.6 cm³/mol. The molecule has 1 aromatic carbocycles. The quantitative estimate of drug-likeness (QED) is 0.734. The van der Waals surface area contributed by atoms with Crippen molar-refractivity contribution in [1.82, 2.24) is 0 Å². The largest absolute Gasteiger partial charge is 0.298 e. The van der Waals surface area contributed by atoms with Crippen molar-refractivity contribution in [2.45, 2.75) is 63.5 Å². The lowest BCUT2D eigenvalue weighted by Crippen LogP contribution is -2.13. The average molecular weight is 290 g/mol. The predicted octanol–water partition coefficient (Wildman–Crippen LogP) is 4.99. The van der Waals surface area contributed by atoms with E-state index in [0.29, 0.717) is 23.9 Å². The molecule has 0 aromatic heterocycles. The second-order valence-electron chi connectivity index (χ2n) is 6.18. The first kappa shape index (κ1) is 15.6. The molecule has 2 rings (SSSR count). The van der Waals surface area contributed by atoms with Crippen molar-refractivity contribution in [3.63, 3.8) is 0 Å². The molecule has 0 spiro atoms. The first-order valence-corrected chi connectivity index (χ1v) is 8.92. The van der Waals surface area contributed by atoms with Crippen LogP contribution in [0, 0.1) is 0 Å². The monoisotopic (exact) mass is 290 g/mol. The molecule has 0 radical (unpaired) electrons. The lowest BCUT2D eigenvalue weighted by Gasteiger charge is -2.20. The highest BCUT2D eigenvalue weighted by atomic mass is 32.2. The minimum absolute atomic E-state index is 0.373. The van der Waals surface area contributed by atoms with E-state index < -0.39 is 0 Å². The highest BCUT2D eigenvalue weighted by molar-refractivity contribution is 8.00. The molecule has 0 bridgehead atoms. The van der Waals surface area contributed by atoms with Crippen LogP contribution in [-0.4, -0.2) is 16.8 Å². The number of hydrogen-bond acceptors (Lipinski definition) is 2. The molecular formula is C18H26OS. The first-order valence-electron chi connectivity index (χ1n) is 7.87. The summed E-state index contributed by atoms with van der Waals surface area (Å²) in [5, 5.41) is 0.732. The third kappa shape index (κ3) is 4.97. The van der Waals surface area contributed by atoms with Gasteiger partial charge >= 0.3 is 0 Å². The van der Waals surface area contributed by atoms with E-state index >= 15 is 0 Å². The highest BCUT2D eigenvalue weighted by Gasteiger charge is 2.15. The van der Waals surface area contributed by atoms with Gasteiger partial charge in [0.05, 0.1) is 5.75 Å². The lowest BCUT2D eigenvalue weighted by molar-refractivity contribution is -0.116. The van der Waals surface area contributed by atoms with Crippen LogP contribution in [0.1, 0.15) is 63.0 Å². The Morgan fingerprint density at radius 1 is 1.15 bits per heavy atom. The summed E-state index contributed by atoms with van der Waals surface area (Å²) in [7, 11) is 0. The number of Topliss-reactive ketones (excluding diaryl/α,β-unsaturated/α-hetero) is 1. The van der Waals surface area contributed by atoms with Gasteiger partial charge in [-0.15, -0.1) is 0 Å². The van der Waals surface area contributed by atoms with Crippen molar-refractivity contribution < 1.29 is 4.79 Å². The van der Waals surface area contributed by atoms with Gasteiger partial charge in [0.25, 0.3) is 0 Å². The Labute approximate surface area is 127 Å². The van der Waals surface area contributed by atoms with Gasteiger partial charge in [0.2, 0.25) is 0 Å². The molecule has 0 saturated heterocycles. The Morgan fingerprint density at radius 3 is 2.40 bits per heavy atom. The number of hydrogen-bond donors (Lipinski definition) is 0. The standard InChI is InChI=1S/C18H26OS/c1-14(2)16-10-8-15(9-11-16)12-17(19)13-20-18-6-4-3-5-7-18/h8-11,14,18H,3-7,12-13H2,1-2H3. The molecule has 110 valence electrons. The number of ketones is 1. The highest BCUT2D eigenvalue weighted by Crippen LogP contribution is 2.28. The van der Waals surface area contributed by atoms with Gasteiger partial charge in [0.15, 0.2) is 0 Å². The topological polar surface area (TPSA) is 17.1 Å². The van der Waals surface area contributed by atoms with Crippen molar-refractivity contribution in [1.29, 1.82) is 0 Å². The average Bonchev–Trinajstić information content (AvgIpc) is 2.47. The molecule has 0 unspecified atom stereocenters. The second kappa shape index (κ2) is 7.87. The summed E-state index contributed by atoms with van der Waals surface area (Å²) in [4.78, 5) is 12.1. The third-order valence-corrected chi connectivity index (χ3v) is 5.51. The zero-order valence-corrected chi connectivity index (χ0v) is 13.5. The van der Waals surface area contributed by atoms with Gasteiger partial charge in [0.1, 0.15) is 5.78 Å². The molecule has 1 aliphatic rings. The Hall–Kier alpha value is -0.760. The van der Waals surface area contributed by atoms with Gasteiger partial charge in [-0.1, -0.05) is 57.4 Å². The maximum atomic E-state index is 12.1. The van der Waals surface area contributed by atoms with E-state index in [-0.39, 0.29) is 0 Å². The number of rotatable bonds is 6. The Morgan fingerprint density at radius 2 is 1.80 bits per heavy atom. The molecule has 1 nitrogen and oxygen atoms in total. The Bertz CT molecular complexity index is 416. The van der Waals surface area contributed by atoms with Gasteiger partial charge in [-0.2, -0.15) is 11.8 Å². The molecule has 20 heavy (non-hydrogen) atoms. The minimum Gasteiger partial charge on any atom is -0.298 e. The van der Waals surface area contributed by atoms with Crippen molar-refractivity contribution in [3.05, 3.63) is 35.4 Å². The first-order chi connectivity index (χ1) is 9.65. The van der Waals surface area contributed by atoms with E-state index in [0.717, 1.165) is 10.8 Å². The molecule has 0 aliphatic heterocycles. The maximum Gasteiger partial charge on any atom is 0.147 e. The van der Waals surface area contributed by atoms with Gasteiger partial charge in [-0.25, -0.2) is 0 Å². The second-order valence-corrected chi connectivity index (χ2v) is 7.47. The summed E-state index contributed by atoms with van der Waals surface area (Å²) >= 11 is 1.88. The van der Waals surface area contributed by atoms with Crippen LogP contribution in [-0.2, 0) is 11.2 Å². The normalized spacial score (nSPS) is 16.6. The number of benzene rings is 1. The smallest absolute Gasteiger partial charge is 0.147 e. The summed E-state index contributed by atoms with van der Waals surface area (Å²) in [5.41, 5.74) is 2.50. The molecule has 1 aliphatic carbocycles. The molecule has 0 atom stereocenters. The van der Waals surface area contributed by atoms with E-state index in [2.05, 4.69) is 38.1 Å². The zero-order chi connectivity index (χ0) is 14.4. The van der Waals surface area contributed by atoms with E-state index in [1.165, 1.54) is 37.7 Å². The third-order valence-electron chi connectivity index (χ3n) is 4.08. The summed E-state index contributed by atoms with van der Waals surface area (Å²) in [5.74, 6) is 1.62. The SMILES string of the molecule is CC(C)c1ccc(CC(=O)CSC2CCCCC2)cc1. The van der Waals surface area contributed by atoms with Crippen LogP contribution < -0.4 is 0 Å². The van der Waals surface area contributed by atoms with Crippen molar-refractivity contribution in [2.24, 2.45) is 0 Å². The molecule has 2 heteroatoms. The number of carbonyl (C=O) groups excluding carboxylic acids is 1. The van der Waals surface area contributed by atoms with Crippen LogP contribution in [0.5, 0.6) is 0 Å². The summed E-state index contributed by atoms with van der Waals surface area (Å²) in [6.45, 7) is 4.39. The van der Waals surface area contributed by atoms with Gasteiger partial charge < -0.3 is 0 Å². The van der Waals surface area contributed by atoms with E-state index in [1.807, 2.05) is 11.8 Å². The van der Waals surface area contributed by atoms with Crippen LogP contribution in [0.25, 0.3) is 0 Å². The zero-order valence-electron chi connectivity index (χ0n) is 12.7. The molecule has 0 heterocycles. The summed E-state index contributed by atoms with van der Waals surface area (Å²) in [6, 6.07) is 8.53. The maximum absolute atomic E-state index is 12.1.